The molecule has 0 bridgehead atoms. The monoisotopic (exact) mass is 499 g/mol. The number of halogens is 2. The molecule has 0 N–H and O–H groups in total. The Kier molecular flexibility index (Phi) is 6.75. The number of rotatable bonds is 5. The standard InChI is InChI=1S/C26H27Cl2N3OS/c27-21-7-3-19(4-8-21)24-29-23(18-33-24)17-30-13-15-31(16-14-30)25(32)26(11-1-2-12-26)20-5-9-22(28)10-6-20/h3-10,18H,1-2,11-17H2. The van der Waals surface area contributed by atoms with Crippen molar-refractivity contribution in [2.45, 2.75) is 37.6 Å². The highest BCUT2D eigenvalue weighted by Crippen LogP contribution is 2.43. The first-order valence-corrected chi connectivity index (χ1v) is 13.2. The van der Waals surface area contributed by atoms with E-state index in [1.807, 2.05) is 48.5 Å². The van der Waals surface area contributed by atoms with Gasteiger partial charge in [0.15, 0.2) is 0 Å². The molecule has 1 aromatic heterocycles. The molecule has 2 fully saturated rings. The Morgan fingerprint density at radius 3 is 2.15 bits per heavy atom. The van der Waals surface area contributed by atoms with Gasteiger partial charge < -0.3 is 4.90 Å². The zero-order chi connectivity index (χ0) is 22.8. The second kappa shape index (κ2) is 9.75. The summed E-state index contributed by atoms with van der Waals surface area (Å²) in [4.78, 5) is 23.0. The molecule has 0 radical (unpaired) electrons. The zero-order valence-electron chi connectivity index (χ0n) is 18.5. The lowest BCUT2D eigenvalue weighted by Gasteiger charge is -2.40. The van der Waals surface area contributed by atoms with Crippen LogP contribution in [0.5, 0.6) is 0 Å². The molecule has 0 spiro atoms. The molecule has 1 saturated heterocycles. The summed E-state index contributed by atoms with van der Waals surface area (Å²) < 4.78 is 0. The first kappa shape index (κ1) is 22.9. The number of hydrogen-bond donors (Lipinski definition) is 0. The predicted octanol–water partition coefficient (Wildman–Crippen LogP) is 6.27. The molecular formula is C26H27Cl2N3OS. The molecule has 2 heterocycles. The predicted molar refractivity (Wildman–Crippen MR) is 136 cm³/mol. The van der Waals surface area contributed by atoms with E-state index in [0.717, 1.165) is 85.3 Å². The normalized spacial score (nSPS) is 18.5. The van der Waals surface area contributed by atoms with E-state index in [0.29, 0.717) is 10.9 Å². The highest BCUT2D eigenvalue weighted by Gasteiger charge is 2.45. The van der Waals surface area contributed by atoms with Crippen molar-refractivity contribution in [2.24, 2.45) is 0 Å². The Morgan fingerprint density at radius 1 is 0.909 bits per heavy atom. The van der Waals surface area contributed by atoms with Crippen molar-refractivity contribution in [1.29, 1.82) is 0 Å². The van der Waals surface area contributed by atoms with Crippen molar-refractivity contribution < 1.29 is 4.79 Å². The Balaban J connectivity index is 1.21. The summed E-state index contributed by atoms with van der Waals surface area (Å²) in [6.45, 7) is 4.09. The van der Waals surface area contributed by atoms with Crippen LogP contribution in [-0.4, -0.2) is 46.9 Å². The van der Waals surface area contributed by atoms with Gasteiger partial charge in [-0.05, 0) is 42.7 Å². The smallest absolute Gasteiger partial charge is 0.233 e. The molecule has 1 amide bonds. The Bertz CT molecular complexity index is 1100. The average Bonchev–Trinajstić information content (AvgIpc) is 3.51. The van der Waals surface area contributed by atoms with Gasteiger partial charge in [0.1, 0.15) is 5.01 Å². The molecule has 5 rings (SSSR count). The zero-order valence-corrected chi connectivity index (χ0v) is 20.8. The maximum atomic E-state index is 13.7. The topological polar surface area (TPSA) is 36.4 Å². The van der Waals surface area contributed by atoms with Gasteiger partial charge >= 0.3 is 0 Å². The average molecular weight is 500 g/mol. The van der Waals surface area contributed by atoms with Gasteiger partial charge in [-0.15, -0.1) is 11.3 Å². The number of piperazine rings is 1. The molecular weight excluding hydrogens is 473 g/mol. The Labute approximate surface area is 209 Å². The molecule has 172 valence electrons. The van der Waals surface area contributed by atoms with Gasteiger partial charge in [-0.3, -0.25) is 9.69 Å². The van der Waals surface area contributed by atoms with E-state index in [2.05, 4.69) is 15.2 Å². The Morgan fingerprint density at radius 2 is 1.52 bits per heavy atom. The number of hydrogen-bond acceptors (Lipinski definition) is 4. The molecule has 1 aliphatic carbocycles. The molecule has 33 heavy (non-hydrogen) atoms. The van der Waals surface area contributed by atoms with E-state index in [9.17, 15) is 4.79 Å². The number of nitrogens with zero attached hydrogens (tertiary/aromatic N) is 3. The third kappa shape index (κ3) is 4.83. The minimum atomic E-state index is -0.380. The summed E-state index contributed by atoms with van der Waals surface area (Å²) in [5, 5.41) is 4.60. The van der Waals surface area contributed by atoms with E-state index in [1.165, 1.54) is 0 Å². The number of carbonyl (C=O) groups excluding carboxylic acids is 1. The van der Waals surface area contributed by atoms with Crippen molar-refractivity contribution >= 4 is 40.4 Å². The molecule has 7 heteroatoms. The minimum Gasteiger partial charge on any atom is -0.339 e. The van der Waals surface area contributed by atoms with Crippen LogP contribution in [0.2, 0.25) is 10.0 Å². The van der Waals surface area contributed by atoms with Crippen molar-refractivity contribution in [3.8, 4) is 10.6 Å². The number of carbonyl (C=O) groups is 1. The number of amides is 1. The third-order valence-corrected chi connectivity index (χ3v) is 8.40. The fourth-order valence-electron chi connectivity index (χ4n) is 5.12. The molecule has 1 saturated carbocycles. The van der Waals surface area contributed by atoms with Gasteiger partial charge in [-0.2, -0.15) is 0 Å². The second-order valence-electron chi connectivity index (χ2n) is 9.02. The van der Waals surface area contributed by atoms with E-state index in [-0.39, 0.29) is 5.41 Å². The lowest BCUT2D eigenvalue weighted by atomic mass is 9.77. The van der Waals surface area contributed by atoms with Gasteiger partial charge in [-0.25, -0.2) is 4.98 Å². The van der Waals surface area contributed by atoms with Crippen LogP contribution in [0.25, 0.3) is 10.6 Å². The summed E-state index contributed by atoms with van der Waals surface area (Å²) in [5.74, 6) is 0.292. The van der Waals surface area contributed by atoms with Crippen LogP contribution < -0.4 is 0 Å². The van der Waals surface area contributed by atoms with E-state index in [1.54, 1.807) is 11.3 Å². The first-order chi connectivity index (χ1) is 16.0. The van der Waals surface area contributed by atoms with Crippen LogP contribution in [0, 0.1) is 0 Å². The van der Waals surface area contributed by atoms with Crippen molar-refractivity contribution in [1.82, 2.24) is 14.8 Å². The summed E-state index contributed by atoms with van der Waals surface area (Å²) in [6.07, 6.45) is 4.07. The highest BCUT2D eigenvalue weighted by atomic mass is 35.5. The Hall–Kier alpha value is -1.92. The SMILES string of the molecule is O=C(N1CCN(Cc2csc(-c3ccc(Cl)cc3)n2)CC1)C1(c2ccc(Cl)cc2)CCCC1. The van der Waals surface area contributed by atoms with Gasteiger partial charge in [0.05, 0.1) is 11.1 Å². The number of thiazole rings is 1. The molecule has 4 nitrogen and oxygen atoms in total. The van der Waals surface area contributed by atoms with Crippen LogP contribution in [0.3, 0.4) is 0 Å². The third-order valence-electron chi connectivity index (χ3n) is 6.95. The maximum Gasteiger partial charge on any atom is 0.233 e. The molecule has 0 unspecified atom stereocenters. The molecule has 2 aliphatic rings. The fraction of sp³-hybridized carbons (Fsp3) is 0.385. The van der Waals surface area contributed by atoms with Gasteiger partial charge in [0.2, 0.25) is 5.91 Å². The van der Waals surface area contributed by atoms with Gasteiger partial charge in [0.25, 0.3) is 0 Å². The number of benzene rings is 2. The maximum absolute atomic E-state index is 13.7. The molecule has 0 atom stereocenters. The quantitative estimate of drug-likeness (QED) is 0.414. The first-order valence-electron chi connectivity index (χ1n) is 11.5. The largest absolute Gasteiger partial charge is 0.339 e. The summed E-state index contributed by atoms with van der Waals surface area (Å²) in [6, 6.07) is 15.7. The van der Waals surface area contributed by atoms with Crippen LogP contribution in [-0.2, 0) is 16.8 Å². The summed E-state index contributed by atoms with van der Waals surface area (Å²) in [7, 11) is 0. The van der Waals surface area contributed by atoms with Crippen LogP contribution in [0.15, 0.2) is 53.9 Å². The van der Waals surface area contributed by atoms with E-state index in [4.69, 9.17) is 28.2 Å². The minimum absolute atomic E-state index is 0.292. The van der Waals surface area contributed by atoms with Crippen molar-refractivity contribution in [3.63, 3.8) is 0 Å². The fourth-order valence-corrected chi connectivity index (χ4v) is 6.19. The van der Waals surface area contributed by atoms with Gasteiger partial charge in [0, 0.05) is 53.7 Å². The van der Waals surface area contributed by atoms with Crippen molar-refractivity contribution in [3.05, 3.63) is 75.2 Å². The second-order valence-corrected chi connectivity index (χ2v) is 10.7. The highest BCUT2D eigenvalue weighted by molar-refractivity contribution is 7.13. The van der Waals surface area contributed by atoms with Crippen LogP contribution in [0.4, 0.5) is 0 Å². The molecule has 2 aromatic carbocycles. The lowest BCUT2D eigenvalue weighted by molar-refractivity contribution is -0.139. The summed E-state index contributed by atoms with van der Waals surface area (Å²) >= 11 is 13.8. The van der Waals surface area contributed by atoms with E-state index >= 15 is 0 Å². The summed E-state index contributed by atoms with van der Waals surface area (Å²) in [5.41, 5.74) is 2.91. The molecule has 1 aliphatic heterocycles. The number of aromatic nitrogens is 1. The van der Waals surface area contributed by atoms with E-state index < -0.39 is 0 Å². The van der Waals surface area contributed by atoms with Crippen LogP contribution in [0.1, 0.15) is 36.9 Å². The van der Waals surface area contributed by atoms with Crippen molar-refractivity contribution in [2.75, 3.05) is 26.2 Å². The van der Waals surface area contributed by atoms with Gasteiger partial charge in [-0.1, -0.05) is 60.3 Å². The molecule has 3 aromatic rings. The lowest BCUT2D eigenvalue weighted by Crippen LogP contribution is -2.53. The van der Waals surface area contributed by atoms with Crippen LogP contribution >= 0.6 is 34.5 Å².